The summed E-state index contributed by atoms with van der Waals surface area (Å²) in [6.45, 7) is 0.0980. The van der Waals surface area contributed by atoms with Crippen LogP contribution in [0, 0.1) is 3.57 Å². The van der Waals surface area contributed by atoms with E-state index in [0.717, 1.165) is 24.3 Å². The highest BCUT2D eigenvalue weighted by Crippen LogP contribution is 2.37. The fourth-order valence-corrected chi connectivity index (χ4v) is 3.61. The van der Waals surface area contributed by atoms with Gasteiger partial charge in [0.15, 0.2) is 0 Å². The number of aliphatic hydroxyl groups excluding tert-OH is 1. The molecule has 0 atom stereocenters. The van der Waals surface area contributed by atoms with E-state index in [4.69, 9.17) is 9.84 Å². The molecule has 4 heteroatoms. The zero-order valence-corrected chi connectivity index (χ0v) is 10.6. The quantitative estimate of drug-likeness (QED) is 0.862. The largest absolute Gasteiger partial charge is 0.496 e. The lowest BCUT2D eigenvalue weighted by atomic mass is 10.2. The standard InChI is InChI=1S/C10H9IO2S/c1-13-6-3-2-4-7-9(6)10(11)8(5-12)14-7/h2-4,12H,5H2,1H3. The number of ether oxygens (including phenoxy) is 1. The number of methoxy groups -OCH3 is 1. The van der Waals surface area contributed by atoms with Crippen molar-refractivity contribution in [1.82, 2.24) is 0 Å². The fourth-order valence-electron chi connectivity index (χ4n) is 1.40. The second-order valence-corrected chi connectivity index (χ2v) is 5.05. The van der Waals surface area contributed by atoms with Crippen LogP contribution in [0.4, 0.5) is 0 Å². The summed E-state index contributed by atoms with van der Waals surface area (Å²) in [5.74, 6) is 0.878. The second-order valence-electron chi connectivity index (χ2n) is 2.83. The van der Waals surface area contributed by atoms with Gasteiger partial charge in [-0.2, -0.15) is 0 Å². The number of hydrogen-bond donors (Lipinski definition) is 1. The number of rotatable bonds is 2. The first-order chi connectivity index (χ1) is 6.77. The van der Waals surface area contributed by atoms with Gasteiger partial charge in [-0.05, 0) is 34.7 Å². The van der Waals surface area contributed by atoms with E-state index >= 15 is 0 Å². The summed E-state index contributed by atoms with van der Waals surface area (Å²) in [5.41, 5.74) is 0. The summed E-state index contributed by atoms with van der Waals surface area (Å²) in [4.78, 5) is 1.00. The zero-order chi connectivity index (χ0) is 10.1. The lowest BCUT2D eigenvalue weighted by Crippen LogP contribution is -1.84. The number of halogens is 1. The Labute approximate surface area is 99.7 Å². The van der Waals surface area contributed by atoms with Gasteiger partial charge in [-0.25, -0.2) is 0 Å². The monoisotopic (exact) mass is 320 g/mol. The van der Waals surface area contributed by atoms with Crippen molar-refractivity contribution >= 4 is 44.0 Å². The molecule has 0 radical (unpaired) electrons. The van der Waals surface area contributed by atoms with Gasteiger partial charge >= 0.3 is 0 Å². The normalized spacial score (nSPS) is 10.8. The van der Waals surface area contributed by atoms with Crippen LogP contribution in [0.5, 0.6) is 5.75 Å². The maximum Gasteiger partial charge on any atom is 0.128 e. The summed E-state index contributed by atoms with van der Waals surface area (Å²) in [5, 5.41) is 10.3. The van der Waals surface area contributed by atoms with Crippen LogP contribution >= 0.6 is 33.9 Å². The van der Waals surface area contributed by atoms with Gasteiger partial charge in [-0.15, -0.1) is 11.3 Å². The topological polar surface area (TPSA) is 29.5 Å². The Bertz CT molecular complexity index is 464. The third-order valence-electron chi connectivity index (χ3n) is 2.05. The molecule has 0 fully saturated rings. The van der Waals surface area contributed by atoms with Crippen molar-refractivity contribution in [3.8, 4) is 5.75 Å². The minimum atomic E-state index is 0.0980. The van der Waals surface area contributed by atoms with E-state index in [1.165, 1.54) is 0 Å². The van der Waals surface area contributed by atoms with E-state index in [1.807, 2.05) is 18.2 Å². The van der Waals surface area contributed by atoms with Gasteiger partial charge in [-0.3, -0.25) is 0 Å². The van der Waals surface area contributed by atoms with E-state index in [9.17, 15) is 0 Å². The highest BCUT2D eigenvalue weighted by Gasteiger charge is 2.12. The average Bonchev–Trinajstić information content (AvgIpc) is 2.55. The summed E-state index contributed by atoms with van der Waals surface area (Å²) < 4.78 is 7.55. The molecule has 0 spiro atoms. The molecule has 74 valence electrons. The smallest absolute Gasteiger partial charge is 0.128 e. The van der Waals surface area contributed by atoms with Gasteiger partial charge in [0, 0.05) is 18.5 Å². The van der Waals surface area contributed by atoms with E-state index < -0.39 is 0 Å². The molecule has 2 aromatic rings. The van der Waals surface area contributed by atoms with Gasteiger partial charge < -0.3 is 9.84 Å². The number of thiophene rings is 1. The molecule has 1 aromatic heterocycles. The van der Waals surface area contributed by atoms with Crippen LogP contribution in [0.1, 0.15) is 4.88 Å². The third kappa shape index (κ3) is 1.51. The lowest BCUT2D eigenvalue weighted by molar-refractivity contribution is 0.285. The SMILES string of the molecule is COc1cccc2sc(CO)c(I)c12. The Hall–Kier alpha value is -0.330. The van der Waals surface area contributed by atoms with Gasteiger partial charge in [0.2, 0.25) is 0 Å². The lowest BCUT2D eigenvalue weighted by Gasteiger charge is -2.01. The molecule has 2 nitrogen and oxygen atoms in total. The minimum Gasteiger partial charge on any atom is -0.496 e. The summed E-state index contributed by atoms with van der Waals surface area (Å²) >= 11 is 3.87. The van der Waals surface area contributed by atoms with Crippen molar-refractivity contribution < 1.29 is 9.84 Å². The van der Waals surface area contributed by atoms with Crippen LogP contribution in [0.25, 0.3) is 10.1 Å². The molecule has 0 amide bonds. The number of aliphatic hydroxyl groups is 1. The molecule has 14 heavy (non-hydrogen) atoms. The predicted octanol–water partition coefficient (Wildman–Crippen LogP) is 3.01. The molecule has 0 aliphatic rings. The molecule has 0 unspecified atom stereocenters. The molecule has 1 N–H and O–H groups in total. The second kappa shape index (κ2) is 4.04. The van der Waals surface area contributed by atoms with Crippen molar-refractivity contribution in [2.45, 2.75) is 6.61 Å². The molecule has 1 aromatic carbocycles. The molecule has 0 saturated carbocycles. The Kier molecular flexibility index (Phi) is 2.94. The van der Waals surface area contributed by atoms with E-state index in [-0.39, 0.29) is 6.61 Å². The van der Waals surface area contributed by atoms with Crippen LogP contribution in [0.3, 0.4) is 0 Å². The minimum absolute atomic E-state index is 0.0980. The molecule has 1 heterocycles. The molecule has 0 bridgehead atoms. The van der Waals surface area contributed by atoms with Gasteiger partial charge in [0.1, 0.15) is 5.75 Å². The van der Waals surface area contributed by atoms with Crippen molar-refractivity contribution in [2.24, 2.45) is 0 Å². The molecular weight excluding hydrogens is 311 g/mol. The Morgan fingerprint density at radius 2 is 2.29 bits per heavy atom. The van der Waals surface area contributed by atoms with Crippen molar-refractivity contribution in [3.05, 3.63) is 26.6 Å². The molecule has 0 saturated heterocycles. The summed E-state index contributed by atoms with van der Waals surface area (Å²) in [7, 11) is 1.67. The Morgan fingerprint density at radius 3 is 2.93 bits per heavy atom. The first kappa shape index (κ1) is 10.2. The van der Waals surface area contributed by atoms with E-state index in [1.54, 1.807) is 18.4 Å². The van der Waals surface area contributed by atoms with Crippen LogP contribution in [0.2, 0.25) is 0 Å². The van der Waals surface area contributed by atoms with Crippen molar-refractivity contribution in [3.63, 3.8) is 0 Å². The van der Waals surface area contributed by atoms with Gasteiger partial charge in [0.05, 0.1) is 13.7 Å². The summed E-state index contributed by atoms with van der Waals surface area (Å²) in [6.07, 6.45) is 0. The maximum absolute atomic E-state index is 9.15. The third-order valence-corrected chi connectivity index (χ3v) is 4.75. The number of benzene rings is 1. The van der Waals surface area contributed by atoms with Crippen molar-refractivity contribution in [2.75, 3.05) is 7.11 Å². The molecule has 2 rings (SSSR count). The first-order valence-corrected chi connectivity index (χ1v) is 6.02. The predicted molar refractivity (Wildman–Crippen MR) is 67.0 cm³/mol. The Morgan fingerprint density at radius 1 is 1.50 bits per heavy atom. The first-order valence-electron chi connectivity index (χ1n) is 4.12. The van der Waals surface area contributed by atoms with E-state index in [0.29, 0.717) is 0 Å². The Balaban J connectivity index is 2.79. The van der Waals surface area contributed by atoms with Crippen LogP contribution in [-0.2, 0) is 6.61 Å². The van der Waals surface area contributed by atoms with Gasteiger partial charge in [-0.1, -0.05) is 6.07 Å². The number of fused-ring (bicyclic) bond motifs is 1. The maximum atomic E-state index is 9.15. The molecule has 0 aliphatic carbocycles. The van der Waals surface area contributed by atoms with Crippen LogP contribution in [0.15, 0.2) is 18.2 Å². The summed E-state index contributed by atoms with van der Waals surface area (Å²) in [6, 6.07) is 5.96. The number of hydrogen-bond acceptors (Lipinski definition) is 3. The fraction of sp³-hybridized carbons (Fsp3) is 0.200. The van der Waals surface area contributed by atoms with Crippen molar-refractivity contribution in [1.29, 1.82) is 0 Å². The highest BCUT2D eigenvalue weighted by molar-refractivity contribution is 14.1. The molecular formula is C10H9IO2S. The highest BCUT2D eigenvalue weighted by atomic mass is 127. The zero-order valence-electron chi connectivity index (χ0n) is 7.58. The van der Waals surface area contributed by atoms with E-state index in [2.05, 4.69) is 22.6 Å². The van der Waals surface area contributed by atoms with Crippen LogP contribution in [-0.4, -0.2) is 12.2 Å². The molecule has 0 aliphatic heterocycles. The average molecular weight is 320 g/mol. The van der Waals surface area contributed by atoms with Gasteiger partial charge in [0.25, 0.3) is 0 Å². The van der Waals surface area contributed by atoms with Crippen LogP contribution < -0.4 is 4.74 Å².